The molecule has 1 aliphatic heterocycles. The van der Waals surface area contributed by atoms with Gasteiger partial charge >= 0.3 is 0 Å². The second-order valence-electron chi connectivity index (χ2n) is 6.36. The van der Waals surface area contributed by atoms with E-state index in [1.165, 1.54) is 0 Å². The Labute approximate surface area is 124 Å². The first-order chi connectivity index (χ1) is 9.76. The minimum Gasteiger partial charge on any atom is -0.390 e. The van der Waals surface area contributed by atoms with Gasteiger partial charge < -0.3 is 41.6 Å². The van der Waals surface area contributed by atoms with Crippen molar-refractivity contribution in [1.29, 1.82) is 0 Å². The van der Waals surface area contributed by atoms with Crippen LogP contribution in [-0.4, -0.2) is 77.3 Å². The lowest BCUT2D eigenvalue weighted by Gasteiger charge is -2.46. The van der Waals surface area contributed by atoms with E-state index in [0.29, 0.717) is 12.8 Å². The van der Waals surface area contributed by atoms with Gasteiger partial charge in [0, 0.05) is 12.1 Å². The SMILES string of the molecule is CNC1C(O)C(OC2C(N)CC(N)CC2O)OCC1(C)O. The highest BCUT2D eigenvalue weighted by molar-refractivity contribution is 4.98. The van der Waals surface area contributed by atoms with E-state index in [2.05, 4.69) is 5.32 Å². The predicted octanol–water partition coefficient (Wildman–Crippen LogP) is -2.76. The maximum Gasteiger partial charge on any atom is 0.185 e. The third-order valence-corrected chi connectivity index (χ3v) is 4.35. The molecule has 21 heavy (non-hydrogen) atoms. The van der Waals surface area contributed by atoms with E-state index in [0.717, 1.165) is 0 Å². The zero-order valence-corrected chi connectivity index (χ0v) is 12.5. The summed E-state index contributed by atoms with van der Waals surface area (Å²) in [5, 5.41) is 33.4. The fraction of sp³-hybridized carbons (Fsp3) is 1.00. The van der Waals surface area contributed by atoms with E-state index in [-0.39, 0.29) is 12.6 Å². The van der Waals surface area contributed by atoms with Gasteiger partial charge in [0.2, 0.25) is 0 Å². The van der Waals surface area contributed by atoms with Crippen LogP contribution in [0.1, 0.15) is 19.8 Å². The Morgan fingerprint density at radius 3 is 2.52 bits per heavy atom. The standard InChI is InChI=1S/C13H27N3O5/c1-13(19)5-20-12(9(18)11(13)16-2)21-10-7(15)3-6(14)4-8(10)17/h6-12,16-19H,3-5,14-15H2,1-2H3. The minimum atomic E-state index is -1.20. The highest BCUT2D eigenvalue weighted by Gasteiger charge is 2.48. The fourth-order valence-corrected chi connectivity index (χ4v) is 3.22. The summed E-state index contributed by atoms with van der Waals surface area (Å²) in [6, 6.07) is -1.18. The van der Waals surface area contributed by atoms with Gasteiger partial charge in [-0.05, 0) is 26.8 Å². The Balaban J connectivity index is 2.02. The van der Waals surface area contributed by atoms with Crippen molar-refractivity contribution in [3.05, 3.63) is 0 Å². The van der Waals surface area contributed by atoms with Crippen molar-refractivity contribution in [3.63, 3.8) is 0 Å². The van der Waals surface area contributed by atoms with E-state index in [9.17, 15) is 15.3 Å². The molecule has 124 valence electrons. The summed E-state index contributed by atoms with van der Waals surface area (Å²) in [6.07, 6.45) is -2.54. The largest absolute Gasteiger partial charge is 0.390 e. The third-order valence-electron chi connectivity index (χ3n) is 4.35. The molecular weight excluding hydrogens is 278 g/mol. The number of nitrogens with one attached hydrogen (secondary N) is 1. The second kappa shape index (κ2) is 6.43. The van der Waals surface area contributed by atoms with Gasteiger partial charge in [-0.1, -0.05) is 0 Å². The van der Waals surface area contributed by atoms with Crippen molar-refractivity contribution in [3.8, 4) is 0 Å². The van der Waals surface area contributed by atoms with E-state index in [1.807, 2.05) is 0 Å². The van der Waals surface area contributed by atoms with Crippen LogP contribution < -0.4 is 16.8 Å². The van der Waals surface area contributed by atoms with Gasteiger partial charge in [-0.3, -0.25) is 0 Å². The lowest BCUT2D eigenvalue weighted by atomic mass is 9.86. The van der Waals surface area contributed by atoms with E-state index < -0.39 is 42.3 Å². The molecule has 2 rings (SSSR count). The van der Waals surface area contributed by atoms with E-state index in [1.54, 1.807) is 14.0 Å². The van der Waals surface area contributed by atoms with Crippen LogP contribution in [-0.2, 0) is 9.47 Å². The van der Waals surface area contributed by atoms with Crippen LogP contribution >= 0.6 is 0 Å². The summed E-state index contributed by atoms with van der Waals surface area (Å²) in [4.78, 5) is 0. The molecular formula is C13H27N3O5. The van der Waals surface area contributed by atoms with Crippen molar-refractivity contribution in [2.45, 2.75) is 68.1 Å². The maximum absolute atomic E-state index is 10.3. The first-order valence-electron chi connectivity index (χ1n) is 7.30. The number of hydrogen-bond acceptors (Lipinski definition) is 8. The molecule has 1 saturated carbocycles. The molecule has 0 spiro atoms. The fourth-order valence-electron chi connectivity index (χ4n) is 3.22. The molecule has 8 unspecified atom stereocenters. The van der Waals surface area contributed by atoms with Crippen molar-refractivity contribution >= 4 is 0 Å². The zero-order valence-electron chi connectivity index (χ0n) is 12.5. The molecule has 0 radical (unpaired) electrons. The van der Waals surface area contributed by atoms with Gasteiger partial charge in [0.15, 0.2) is 6.29 Å². The molecule has 1 saturated heterocycles. The molecule has 0 aromatic carbocycles. The van der Waals surface area contributed by atoms with Gasteiger partial charge in [0.05, 0.1) is 18.8 Å². The van der Waals surface area contributed by atoms with Crippen molar-refractivity contribution in [2.75, 3.05) is 13.7 Å². The van der Waals surface area contributed by atoms with Gasteiger partial charge in [-0.25, -0.2) is 0 Å². The van der Waals surface area contributed by atoms with Crippen LogP contribution in [0.3, 0.4) is 0 Å². The molecule has 8 N–H and O–H groups in total. The molecule has 2 fully saturated rings. The third kappa shape index (κ3) is 3.54. The van der Waals surface area contributed by atoms with Crippen molar-refractivity contribution in [1.82, 2.24) is 5.32 Å². The summed E-state index contributed by atoms with van der Waals surface area (Å²) < 4.78 is 11.1. The average molecular weight is 305 g/mol. The summed E-state index contributed by atoms with van der Waals surface area (Å²) in [7, 11) is 1.64. The highest BCUT2D eigenvalue weighted by atomic mass is 16.7. The molecule has 8 heteroatoms. The van der Waals surface area contributed by atoms with Gasteiger partial charge in [-0.2, -0.15) is 0 Å². The number of aliphatic hydroxyl groups is 3. The molecule has 2 aliphatic rings. The minimum absolute atomic E-state index is 0.0117. The monoisotopic (exact) mass is 305 g/mol. The number of likely N-dealkylation sites (N-methyl/N-ethyl adjacent to an activating group) is 1. The first kappa shape index (κ1) is 17.0. The summed E-state index contributed by atoms with van der Waals surface area (Å²) in [6.45, 7) is 1.59. The molecule has 0 aromatic heterocycles. The first-order valence-corrected chi connectivity index (χ1v) is 7.30. The highest BCUT2D eigenvalue weighted by Crippen LogP contribution is 2.28. The number of nitrogens with two attached hydrogens (primary N) is 2. The normalized spacial score (nSPS) is 51.9. The molecule has 0 amide bonds. The predicted molar refractivity (Wildman–Crippen MR) is 75.3 cm³/mol. The quantitative estimate of drug-likeness (QED) is 0.329. The van der Waals surface area contributed by atoms with Crippen LogP contribution in [0.5, 0.6) is 0 Å². The Morgan fingerprint density at radius 1 is 1.29 bits per heavy atom. The van der Waals surface area contributed by atoms with Gasteiger partial charge in [0.25, 0.3) is 0 Å². The van der Waals surface area contributed by atoms with E-state index >= 15 is 0 Å². The summed E-state index contributed by atoms with van der Waals surface area (Å²) >= 11 is 0. The smallest absolute Gasteiger partial charge is 0.185 e. The second-order valence-corrected chi connectivity index (χ2v) is 6.36. The van der Waals surface area contributed by atoms with Crippen molar-refractivity contribution < 1.29 is 24.8 Å². The Hall–Kier alpha value is -0.320. The lowest BCUT2D eigenvalue weighted by Crippen LogP contribution is -2.66. The molecule has 0 bridgehead atoms. The maximum atomic E-state index is 10.3. The Bertz CT molecular complexity index is 345. The Morgan fingerprint density at radius 2 is 1.95 bits per heavy atom. The number of ether oxygens (including phenoxy) is 2. The van der Waals surface area contributed by atoms with Gasteiger partial charge in [0.1, 0.15) is 17.8 Å². The number of hydrogen-bond donors (Lipinski definition) is 6. The molecule has 8 atom stereocenters. The molecule has 1 aliphatic carbocycles. The molecule has 0 aromatic rings. The van der Waals surface area contributed by atoms with Crippen LogP contribution in [0, 0.1) is 0 Å². The van der Waals surface area contributed by atoms with Crippen LogP contribution in [0.4, 0.5) is 0 Å². The topological polar surface area (TPSA) is 143 Å². The van der Waals surface area contributed by atoms with Crippen molar-refractivity contribution in [2.24, 2.45) is 11.5 Å². The zero-order chi connectivity index (χ0) is 15.8. The number of rotatable bonds is 3. The summed E-state index contributed by atoms with van der Waals surface area (Å²) in [5.41, 5.74) is 10.6. The van der Waals surface area contributed by atoms with Crippen LogP contribution in [0.2, 0.25) is 0 Å². The lowest BCUT2D eigenvalue weighted by molar-refractivity contribution is -0.291. The Kier molecular flexibility index (Phi) is 5.22. The van der Waals surface area contributed by atoms with E-state index in [4.69, 9.17) is 20.9 Å². The van der Waals surface area contributed by atoms with Crippen LogP contribution in [0.25, 0.3) is 0 Å². The molecule has 1 heterocycles. The molecule has 8 nitrogen and oxygen atoms in total. The average Bonchev–Trinajstić information content (AvgIpc) is 2.36. The van der Waals surface area contributed by atoms with Crippen LogP contribution in [0.15, 0.2) is 0 Å². The van der Waals surface area contributed by atoms with Gasteiger partial charge in [-0.15, -0.1) is 0 Å². The number of aliphatic hydroxyl groups excluding tert-OH is 2. The summed E-state index contributed by atoms with van der Waals surface area (Å²) in [5.74, 6) is 0.